The standard InChI is InChI=1S/C23H24BrF3N2O6S/c24-12-5-6-16(15(7-12)23(25,26)27)36(33,34)14-8-18(35-13-3-1-2-4-13)22(9-14,20(31)32)17-10-21(17,11-28)19(29)30/h5-7,13-14,17-18H,1-4,8-10H2,(H2,29,30)(H,31,32)/t14-,17?,18+,21?,22+/m0/s1. The lowest BCUT2D eigenvalue weighted by atomic mass is 9.75. The van der Waals surface area contributed by atoms with Gasteiger partial charge in [0.1, 0.15) is 10.8 Å². The number of alkyl halides is 3. The number of nitriles is 1. The van der Waals surface area contributed by atoms with E-state index in [1.54, 1.807) is 6.07 Å². The van der Waals surface area contributed by atoms with Crippen molar-refractivity contribution in [3.05, 3.63) is 28.2 Å². The molecule has 4 rings (SSSR count). The summed E-state index contributed by atoms with van der Waals surface area (Å²) in [4.78, 5) is 23.9. The lowest BCUT2D eigenvalue weighted by Gasteiger charge is -2.34. The zero-order valence-corrected chi connectivity index (χ0v) is 21.3. The summed E-state index contributed by atoms with van der Waals surface area (Å²) >= 11 is 2.93. The Bertz CT molecular complexity index is 1240. The van der Waals surface area contributed by atoms with E-state index in [2.05, 4.69) is 15.9 Å². The molecule has 0 aromatic heterocycles. The van der Waals surface area contributed by atoms with Gasteiger partial charge in [0.15, 0.2) is 9.84 Å². The maximum atomic E-state index is 13.8. The number of primary amides is 1. The van der Waals surface area contributed by atoms with Crippen LogP contribution >= 0.6 is 15.9 Å². The van der Waals surface area contributed by atoms with Crippen molar-refractivity contribution < 1.29 is 41.0 Å². The number of sulfone groups is 1. The van der Waals surface area contributed by atoms with E-state index in [0.29, 0.717) is 18.9 Å². The highest BCUT2D eigenvalue weighted by molar-refractivity contribution is 9.10. The Hall–Kier alpha value is -2.17. The third-order valence-corrected chi connectivity index (χ3v) is 10.6. The Morgan fingerprint density at radius 3 is 2.36 bits per heavy atom. The van der Waals surface area contributed by atoms with Crippen molar-refractivity contribution in [1.82, 2.24) is 0 Å². The molecule has 0 bridgehead atoms. The SMILES string of the molecule is N#CC1(C(N)=O)CC1[C@]1(C(=O)O)C[C@@H](S(=O)(=O)c2ccc(Br)cc2C(F)(F)F)C[C@H]1OC1CCCC1. The second-order valence-electron chi connectivity index (χ2n) is 9.83. The molecule has 13 heteroatoms. The molecule has 0 spiro atoms. The van der Waals surface area contributed by atoms with Gasteiger partial charge in [0.05, 0.1) is 34.0 Å². The van der Waals surface area contributed by atoms with Gasteiger partial charge in [-0.3, -0.25) is 9.59 Å². The lowest BCUT2D eigenvalue weighted by Crippen LogP contribution is -2.46. The summed E-state index contributed by atoms with van der Waals surface area (Å²) in [5.74, 6) is -3.60. The average molecular weight is 593 g/mol. The monoisotopic (exact) mass is 592 g/mol. The highest BCUT2D eigenvalue weighted by atomic mass is 79.9. The van der Waals surface area contributed by atoms with E-state index in [0.717, 1.165) is 18.9 Å². The van der Waals surface area contributed by atoms with Gasteiger partial charge in [-0.05, 0) is 50.3 Å². The Morgan fingerprint density at radius 1 is 1.22 bits per heavy atom. The Kier molecular flexibility index (Phi) is 6.71. The van der Waals surface area contributed by atoms with Crippen molar-refractivity contribution in [2.45, 2.75) is 73.5 Å². The van der Waals surface area contributed by atoms with Gasteiger partial charge < -0.3 is 15.6 Å². The summed E-state index contributed by atoms with van der Waals surface area (Å²) in [6, 6.07) is 4.47. The van der Waals surface area contributed by atoms with E-state index in [4.69, 9.17) is 10.5 Å². The quantitative estimate of drug-likeness (QED) is 0.489. The summed E-state index contributed by atoms with van der Waals surface area (Å²) in [6.45, 7) is 0. The zero-order valence-electron chi connectivity index (χ0n) is 18.9. The number of carboxylic acid groups (broad SMARTS) is 1. The number of nitrogens with zero attached hydrogens (tertiary/aromatic N) is 1. The summed E-state index contributed by atoms with van der Waals surface area (Å²) in [6.07, 6.45) is -4.80. The van der Waals surface area contributed by atoms with Crippen LogP contribution in [0.5, 0.6) is 0 Å². The normalized spacial score (nSPS) is 32.8. The van der Waals surface area contributed by atoms with Crippen LogP contribution in [0.2, 0.25) is 0 Å². The van der Waals surface area contributed by atoms with Gasteiger partial charge in [-0.1, -0.05) is 28.8 Å². The molecule has 3 N–H and O–H groups in total. The summed E-state index contributed by atoms with van der Waals surface area (Å²) in [7, 11) is -4.69. The molecule has 3 saturated carbocycles. The summed E-state index contributed by atoms with van der Waals surface area (Å²) < 4.78 is 74.6. The number of hydrogen-bond acceptors (Lipinski definition) is 6. The van der Waals surface area contributed by atoms with Crippen LogP contribution in [-0.2, 0) is 30.3 Å². The minimum absolute atomic E-state index is 0.0285. The summed E-state index contributed by atoms with van der Waals surface area (Å²) in [5, 5.41) is 18.5. The molecule has 3 fully saturated rings. The Morgan fingerprint density at radius 2 is 1.86 bits per heavy atom. The fourth-order valence-corrected chi connectivity index (χ4v) is 8.32. The summed E-state index contributed by atoms with van der Waals surface area (Å²) in [5.41, 5.74) is 0.276. The maximum absolute atomic E-state index is 13.8. The van der Waals surface area contributed by atoms with Crippen LogP contribution < -0.4 is 5.73 Å². The topological polar surface area (TPSA) is 148 Å². The number of carboxylic acids is 1. The molecule has 1 aromatic rings. The molecule has 0 radical (unpaired) electrons. The number of benzene rings is 1. The van der Waals surface area contributed by atoms with Crippen molar-refractivity contribution >= 4 is 37.6 Å². The third-order valence-electron chi connectivity index (χ3n) is 7.89. The second-order valence-corrected chi connectivity index (χ2v) is 12.9. The van der Waals surface area contributed by atoms with Crippen molar-refractivity contribution in [2.24, 2.45) is 22.5 Å². The van der Waals surface area contributed by atoms with Crippen LogP contribution in [0.15, 0.2) is 27.6 Å². The van der Waals surface area contributed by atoms with Crippen LogP contribution in [0.25, 0.3) is 0 Å². The van der Waals surface area contributed by atoms with Crippen molar-refractivity contribution in [3.63, 3.8) is 0 Å². The van der Waals surface area contributed by atoms with E-state index in [-0.39, 0.29) is 23.4 Å². The van der Waals surface area contributed by atoms with Crippen molar-refractivity contribution in [2.75, 3.05) is 0 Å². The van der Waals surface area contributed by atoms with Gasteiger partial charge in [0, 0.05) is 10.4 Å². The first-order valence-corrected chi connectivity index (χ1v) is 13.7. The fraction of sp³-hybridized carbons (Fsp3) is 0.609. The molecule has 1 amide bonds. The number of halogens is 4. The molecule has 3 aliphatic rings. The number of nitrogens with two attached hydrogens (primary N) is 1. The van der Waals surface area contributed by atoms with Gasteiger partial charge in [0.25, 0.3) is 0 Å². The van der Waals surface area contributed by atoms with E-state index >= 15 is 0 Å². The van der Waals surface area contributed by atoms with Crippen LogP contribution in [0, 0.1) is 28.1 Å². The number of carbonyl (C=O) groups excluding carboxylic acids is 1. The molecule has 2 unspecified atom stereocenters. The van der Waals surface area contributed by atoms with E-state index in [1.807, 2.05) is 0 Å². The number of rotatable bonds is 7. The predicted molar refractivity (Wildman–Crippen MR) is 122 cm³/mol. The van der Waals surface area contributed by atoms with Crippen LogP contribution in [0.1, 0.15) is 50.5 Å². The van der Waals surface area contributed by atoms with Gasteiger partial charge in [-0.25, -0.2) is 8.42 Å². The molecule has 196 valence electrons. The maximum Gasteiger partial charge on any atom is 0.417 e. The smallest absolute Gasteiger partial charge is 0.417 e. The molecule has 0 aliphatic heterocycles. The molecule has 5 atom stereocenters. The number of aliphatic carboxylic acids is 1. The first-order chi connectivity index (χ1) is 16.7. The van der Waals surface area contributed by atoms with Crippen molar-refractivity contribution in [3.8, 4) is 6.07 Å². The lowest BCUT2D eigenvalue weighted by molar-refractivity contribution is -0.164. The molecule has 0 heterocycles. The van der Waals surface area contributed by atoms with Crippen LogP contribution in [0.4, 0.5) is 13.2 Å². The first-order valence-electron chi connectivity index (χ1n) is 11.4. The molecule has 8 nitrogen and oxygen atoms in total. The van der Waals surface area contributed by atoms with Gasteiger partial charge >= 0.3 is 12.1 Å². The van der Waals surface area contributed by atoms with E-state index in [1.165, 1.54) is 6.07 Å². The fourth-order valence-electron chi connectivity index (χ4n) is 5.94. The molecular formula is C23H24BrF3N2O6S. The highest BCUT2D eigenvalue weighted by Gasteiger charge is 2.75. The largest absolute Gasteiger partial charge is 0.481 e. The molecule has 1 aromatic carbocycles. The first kappa shape index (κ1) is 26.9. The predicted octanol–water partition coefficient (Wildman–Crippen LogP) is 3.82. The highest BCUT2D eigenvalue weighted by Crippen LogP contribution is 2.67. The minimum atomic E-state index is -4.98. The van der Waals surface area contributed by atoms with Gasteiger partial charge in [0.2, 0.25) is 5.91 Å². The van der Waals surface area contributed by atoms with Crippen LogP contribution in [0.3, 0.4) is 0 Å². The van der Waals surface area contributed by atoms with E-state index in [9.17, 15) is 41.5 Å². The number of ether oxygens (including phenoxy) is 1. The molecular weight excluding hydrogens is 569 g/mol. The van der Waals surface area contributed by atoms with E-state index < -0.39 is 72.9 Å². The molecule has 36 heavy (non-hydrogen) atoms. The molecule has 0 saturated heterocycles. The number of carbonyl (C=O) groups is 2. The second kappa shape index (κ2) is 8.99. The average Bonchev–Trinajstić information content (AvgIpc) is 3.12. The zero-order chi connectivity index (χ0) is 26.7. The molecule has 3 aliphatic carbocycles. The third kappa shape index (κ3) is 4.20. The number of amides is 1. The Labute approximate surface area is 214 Å². The Balaban J connectivity index is 1.80. The number of hydrogen-bond donors (Lipinski definition) is 2. The van der Waals surface area contributed by atoms with Gasteiger partial charge in [-0.15, -0.1) is 0 Å². The van der Waals surface area contributed by atoms with Gasteiger partial charge in [-0.2, -0.15) is 18.4 Å². The van der Waals surface area contributed by atoms with Crippen LogP contribution in [-0.4, -0.2) is 42.9 Å². The minimum Gasteiger partial charge on any atom is -0.481 e. The van der Waals surface area contributed by atoms with Crippen molar-refractivity contribution in [1.29, 1.82) is 5.26 Å².